The number of carbonyl (C=O) groups excluding carboxylic acids is 2. The highest BCUT2D eigenvalue weighted by Crippen LogP contribution is 1.82. The second kappa shape index (κ2) is 10.6. The van der Waals surface area contributed by atoms with Crippen molar-refractivity contribution in [3.05, 3.63) is 23.7 Å². The van der Waals surface area contributed by atoms with Gasteiger partial charge in [-0.25, -0.2) is 0 Å². The number of aliphatic hydroxyl groups is 2. The Labute approximate surface area is 91.9 Å². The largest absolute Gasteiger partial charge is 0.512 e. The molecule has 15 heavy (non-hydrogen) atoms. The molecule has 0 saturated carbocycles. The van der Waals surface area contributed by atoms with Crippen LogP contribution < -0.4 is 0 Å². The minimum absolute atomic E-state index is 0. The van der Waals surface area contributed by atoms with Crippen LogP contribution in [-0.2, 0) is 9.59 Å². The average Bonchev–Trinajstić information content (AvgIpc) is 1.79. The molecule has 0 aromatic carbocycles. The summed E-state index contributed by atoms with van der Waals surface area (Å²) in [5.41, 5.74) is 0. The smallest absolute Gasteiger partial charge is 0.155 e. The molecule has 3 radical (unpaired) electrons. The summed E-state index contributed by atoms with van der Waals surface area (Å²) in [6.45, 7) is 5.70. The van der Waals surface area contributed by atoms with Gasteiger partial charge in [-0.15, -0.1) is 0 Å². The van der Waals surface area contributed by atoms with E-state index in [1.807, 2.05) is 0 Å². The highest BCUT2D eigenvalue weighted by Gasteiger charge is 1.83. The van der Waals surface area contributed by atoms with Crippen molar-refractivity contribution in [3.63, 3.8) is 0 Å². The molecule has 0 heterocycles. The number of carbonyl (C=O) groups is 2. The van der Waals surface area contributed by atoms with E-state index >= 15 is 0 Å². The lowest BCUT2D eigenvalue weighted by molar-refractivity contribution is -0.113. The normalized spacial score (nSPS) is 10.7. The third kappa shape index (κ3) is 32.6. The number of allylic oxidation sites excluding steroid dienone is 4. The van der Waals surface area contributed by atoms with Crippen molar-refractivity contribution in [2.24, 2.45) is 0 Å². The fraction of sp³-hybridized carbons (Fsp3) is 0.400. The first-order chi connectivity index (χ1) is 6.25. The first-order valence-corrected chi connectivity index (χ1v) is 4.01. The van der Waals surface area contributed by atoms with Crippen molar-refractivity contribution in [1.82, 2.24) is 0 Å². The Hall–Kier alpha value is -1.52. The third-order valence-electron chi connectivity index (χ3n) is 0.824. The molecule has 0 atom stereocenters. The zero-order chi connectivity index (χ0) is 11.7. The van der Waals surface area contributed by atoms with E-state index in [2.05, 4.69) is 0 Å². The fourth-order valence-corrected chi connectivity index (χ4v) is 0.588. The molecule has 0 amide bonds. The van der Waals surface area contributed by atoms with Crippen molar-refractivity contribution in [2.45, 2.75) is 27.7 Å². The van der Waals surface area contributed by atoms with Crippen LogP contribution in [0, 0.1) is 0 Å². The summed E-state index contributed by atoms with van der Waals surface area (Å²) in [6, 6.07) is 0. The van der Waals surface area contributed by atoms with E-state index in [0.29, 0.717) is 0 Å². The molecule has 5 heteroatoms. The lowest BCUT2D eigenvalue weighted by Crippen LogP contribution is -1.82. The summed E-state index contributed by atoms with van der Waals surface area (Å²) in [5.74, 6) is -0.125. The van der Waals surface area contributed by atoms with Gasteiger partial charge in [0.1, 0.15) is 0 Å². The van der Waals surface area contributed by atoms with Crippen LogP contribution in [0.5, 0.6) is 0 Å². The van der Waals surface area contributed by atoms with Crippen LogP contribution in [0.25, 0.3) is 0 Å². The van der Waals surface area contributed by atoms with Gasteiger partial charge in [-0.2, -0.15) is 0 Å². The Morgan fingerprint density at radius 1 is 0.800 bits per heavy atom. The van der Waals surface area contributed by atoms with E-state index in [-0.39, 0.29) is 31.5 Å². The maximum absolute atomic E-state index is 10.0. The molecule has 2 N–H and O–H groups in total. The van der Waals surface area contributed by atoms with Crippen molar-refractivity contribution in [2.75, 3.05) is 0 Å². The van der Waals surface area contributed by atoms with Gasteiger partial charge < -0.3 is 10.2 Å². The Morgan fingerprint density at radius 2 is 1.00 bits per heavy atom. The zero-order valence-electron chi connectivity index (χ0n) is 9.44. The lowest BCUT2D eigenvalue weighted by Gasteiger charge is -1.80. The third-order valence-corrected chi connectivity index (χ3v) is 0.824. The van der Waals surface area contributed by atoms with Gasteiger partial charge in [0, 0.05) is 20.6 Å². The molecule has 0 fully saturated rings. The topological polar surface area (TPSA) is 74.6 Å². The van der Waals surface area contributed by atoms with Crippen LogP contribution in [0.2, 0.25) is 0 Å². The number of rotatable bonds is 2. The minimum Gasteiger partial charge on any atom is -0.512 e. The van der Waals surface area contributed by atoms with Crippen LogP contribution in [0.15, 0.2) is 23.7 Å². The second-order valence-corrected chi connectivity index (χ2v) is 2.79. The molecule has 4 nitrogen and oxygen atoms in total. The Balaban J connectivity index is -0.000000180. The highest BCUT2D eigenvalue weighted by atomic mass is 16.3. The first kappa shape index (κ1) is 19.1. The van der Waals surface area contributed by atoms with Crippen LogP contribution in [0.4, 0.5) is 0 Å². The number of ketones is 2. The number of hydrogen-bond acceptors (Lipinski definition) is 4. The summed E-state index contributed by atoms with van der Waals surface area (Å²) < 4.78 is 0. The van der Waals surface area contributed by atoms with Gasteiger partial charge in [-0.1, -0.05) is 0 Å². The molecule has 0 bridgehead atoms. The minimum atomic E-state index is -0.125. The molecule has 0 rings (SSSR count). The Kier molecular flexibility index (Phi) is 13.5. The average molecular weight is 211 g/mol. The van der Waals surface area contributed by atoms with E-state index in [9.17, 15) is 9.59 Å². The van der Waals surface area contributed by atoms with E-state index < -0.39 is 0 Å². The lowest BCUT2D eigenvalue weighted by atomic mass is 10.4. The van der Waals surface area contributed by atoms with Gasteiger partial charge in [0.2, 0.25) is 0 Å². The van der Waals surface area contributed by atoms with Gasteiger partial charge in [0.25, 0.3) is 0 Å². The Bertz CT molecular complexity index is 231. The Morgan fingerprint density at radius 3 is 1.00 bits per heavy atom. The van der Waals surface area contributed by atoms with Gasteiger partial charge in [0.15, 0.2) is 11.6 Å². The molecular formula is C10H16BO4. The molecule has 0 aliphatic rings. The van der Waals surface area contributed by atoms with Gasteiger partial charge in [-0.3, -0.25) is 9.59 Å². The van der Waals surface area contributed by atoms with Crippen LogP contribution in [0.1, 0.15) is 27.7 Å². The van der Waals surface area contributed by atoms with Crippen LogP contribution in [-0.4, -0.2) is 30.2 Å². The molecule has 0 aromatic rings. The maximum Gasteiger partial charge on any atom is 0.155 e. The maximum atomic E-state index is 10.0. The molecule has 0 saturated heterocycles. The highest BCUT2D eigenvalue weighted by molar-refractivity contribution is 5.87. The summed E-state index contributed by atoms with van der Waals surface area (Å²) in [6.07, 6.45) is 2.33. The van der Waals surface area contributed by atoms with Crippen molar-refractivity contribution in [1.29, 1.82) is 0 Å². The predicted molar refractivity (Wildman–Crippen MR) is 59.9 cm³/mol. The molecule has 83 valence electrons. The van der Waals surface area contributed by atoms with Gasteiger partial charge in [0.05, 0.1) is 11.5 Å². The SMILES string of the molecule is CC(=O)/C=C(/C)O.CC(=O)/C=C(/C)O.[B]. The summed E-state index contributed by atoms with van der Waals surface area (Å²) in [5, 5.41) is 16.7. The first-order valence-electron chi connectivity index (χ1n) is 4.01. The molecule has 0 unspecified atom stereocenters. The fourth-order valence-electron chi connectivity index (χ4n) is 0.588. The van der Waals surface area contributed by atoms with E-state index in [1.165, 1.54) is 39.8 Å². The molecular weight excluding hydrogens is 195 g/mol. The number of aliphatic hydroxyl groups excluding tert-OH is 2. The van der Waals surface area contributed by atoms with Gasteiger partial charge in [-0.05, 0) is 27.7 Å². The van der Waals surface area contributed by atoms with Crippen LogP contribution >= 0.6 is 0 Å². The monoisotopic (exact) mass is 211 g/mol. The standard InChI is InChI=1S/2C5H8O2.B/c2*1-4(6)3-5(2)7;/h2*3,6H,1-2H3;/b2*4-3-;. The quantitative estimate of drug-likeness (QED) is 0.414. The van der Waals surface area contributed by atoms with Crippen molar-refractivity contribution >= 4 is 20.0 Å². The van der Waals surface area contributed by atoms with Crippen molar-refractivity contribution in [3.8, 4) is 0 Å². The summed E-state index contributed by atoms with van der Waals surface area (Å²) in [7, 11) is 0. The molecule has 0 aliphatic heterocycles. The summed E-state index contributed by atoms with van der Waals surface area (Å²) in [4.78, 5) is 20.0. The summed E-state index contributed by atoms with van der Waals surface area (Å²) >= 11 is 0. The second-order valence-electron chi connectivity index (χ2n) is 2.79. The van der Waals surface area contributed by atoms with Gasteiger partial charge >= 0.3 is 0 Å². The number of hydrogen-bond donors (Lipinski definition) is 2. The molecule has 0 spiro atoms. The molecule has 0 aliphatic carbocycles. The molecule has 0 aromatic heterocycles. The van der Waals surface area contributed by atoms with Crippen LogP contribution in [0.3, 0.4) is 0 Å². The van der Waals surface area contributed by atoms with E-state index in [0.717, 1.165) is 0 Å². The van der Waals surface area contributed by atoms with E-state index in [1.54, 1.807) is 0 Å². The van der Waals surface area contributed by atoms with E-state index in [4.69, 9.17) is 10.2 Å². The van der Waals surface area contributed by atoms with Crippen molar-refractivity contribution < 1.29 is 19.8 Å². The predicted octanol–water partition coefficient (Wildman–Crippen LogP) is 1.69. The zero-order valence-corrected chi connectivity index (χ0v) is 9.44.